The number of alkyl halides is 1. The molecule has 1 N–H and O–H groups in total. The summed E-state index contributed by atoms with van der Waals surface area (Å²) < 4.78 is 25.8. The first-order valence-electron chi connectivity index (χ1n) is 12.4. The zero-order chi connectivity index (χ0) is 24.2. The molecule has 1 saturated carbocycles. The minimum absolute atomic E-state index is 0.0969. The fourth-order valence-corrected chi connectivity index (χ4v) is 5.00. The molecule has 182 valence electrons. The second-order valence-electron chi connectivity index (χ2n) is 9.60. The predicted molar refractivity (Wildman–Crippen MR) is 131 cm³/mol. The number of carbonyl (C=O) groups excluding carboxylic acids is 1. The van der Waals surface area contributed by atoms with Crippen LogP contribution >= 0.6 is 0 Å². The van der Waals surface area contributed by atoms with Gasteiger partial charge in [0.25, 0.3) is 5.91 Å². The summed E-state index contributed by atoms with van der Waals surface area (Å²) in [6.07, 6.45) is 3.58. The lowest BCUT2D eigenvalue weighted by Gasteiger charge is -2.32. The first-order chi connectivity index (χ1) is 17.1. The summed E-state index contributed by atoms with van der Waals surface area (Å²) in [5, 5.41) is 12.8. The standard InChI is InChI=1S/C28H30FN3O3/c29-24-3-1-2-4-26(24)34-23-9-10-25-21(15-23)16-27(35-25)28(33)31-22-11-13-32(14-12-22)18-20-7-5-19(17-30)6-8-20/h5-10,15-16,22,24,26H,1-4,11-14,18H2,(H,31,33)/t24-,26-/m0/s1. The van der Waals surface area contributed by atoms with Gasteiger partial charge < -0.3 is 14.5 Å². The molecule has 2 aliphatic rings. The third-order valence-corrected chi connectivity index (χ3v) is 7.03. The average molecular weight is 476 g/mol. The van der Waals surface area contributed by atoms with Gasteiger partial charge in [-0.1, -0.05) is 18.6 Å². The number of likely N-dealkylation sites (tertiary alicyclic amines) is 1. The molecule has 1 aliphatic carbocycles. The summed E-state index contributed by atoms with van der Waals surface area (Å²) in [6, 6.07) is 17.0. The molecular formula is C28H30FN3O3. The molecule has 3 aromatic rings. The molecule has 1 amide bonds. The van der Waals surface area contributed by atoms with E-state index >= 15 is 0 Å². The van der Waals surface area contributed by atoms with Crippen LogP contribution in [0, 0.1) is 11.3 Å². The molecule has 2 fully saturated rings. The van der Waals surface area contributed by atoms with Crippen LogP contribution in [0.15, 0.2) is 52.9 Å². The summed E-state index contributed by atoms with van der Waals surface area (Å²) in [5.41, 5.74) is 2.46. The fourth-order valence-electron chi connectivity index (χ4n) is 5.00. The highest BCUT2D eigenvalue weighted by Crippen LogP contribution is 2.29. The van der Waals surface area contributed by atoms with E-state index in [1.807, 2.05) is 30.3 Å². The Labute approximate surface area is 204 Å². The predicted octanol–water partition coefficient (Wildman–Crippen LogP) is 5.36. The maximum Gasteiger partial charge on any atom is 0.287 e. The normalized spacial score (nSPS) is 21.5. The number of fused-ring (bicyclic) bond motifs is 1. The molecule has 2 aromatic carbocycles. The second-order valence-corrected chi connectivity index (χ2v) is 9.60. The van der Waals surface area contributed by atoms with E-state index in [0.717, 1.165) is 57.1 Å². The van der Waals surface area contributed by atoms with Crippen LogP contribution in [-0.4, -0.2) is 42.2 Å². The number of nitriles is 1. The Morgan fingerprint density at radius 3 is 2.60 bits per heavy atom. The largest absolute Gasteiger partial charge is 0.487 e. The molecule has 0 spiro atoms. The number of amides is 1. The van der Waals surface area contributed by atoms with E-state index in [4.69, 9.17) is 14.4 Å². The van der Waals surface area contributed by atoms with Gasteiger partial charge in [0.05, 0.1) is 11.6 Å². The lowest BCUT2D eigenvalue weighted by atomic mass is 9.96. The zero-order valence-electron chi connectivity index (χ0n) is 19.7. The molecule has 2 heterocycles. The summed E-state index contributed by atoms with van der Waals surface area (Å²) in [6.45, 7) is 2.62. The fraction of sp³-hybridized carbons (Fsp3) is 0.429. The van der Waals surface area contributed by atoms with Gasteiger partial charge in [-0.25, -0.2) is 4.39 Å². The van der Waals surface area contributed by atoms with Crippen LogP contribution in [0.3, 0.4) is 0 Å². The number of nitrogens with one attached hydrogen (secondary N) is 1. The monoisotopic (exact) mass is 475 g/mol. The number of carbonyl (C=O) groups is 1. The van der Waals surface area contributed by atoms with Crippen molar-refractivity contribution in [2.24, 2.45) is 0 Å². The highest BCUT2D eigenvalue weighted by atomic mass is 19.1. The van der Waals surface area contributed by atoms with Crippen LogP contribution in [0.1, 0.15) is 60.2 Å². The Morgan fingerprint density at radius 2 is 1.86 bits per heavy atom. The van der Waals surface area contributed by atoms with E-state index < -0.39 is 12.3 Å². The van der Waals surface area contributed by atoms with E-state index in [1.165, 1.54) is 5.56 Å². The first kappa shape index (κ1) is 23.4. The molecule has 2 atom stereocenters. The highest BCUT2D eigenvalue weighted by molar-refractivity contribution is 5.96. The third-order valence-electron chi connectivity index (χ3n) is 7.03. The molecule has 0 unspecified atom stereocenters. The van der Waals surface area contributed by atoms with E-state index in [0.29, 0.717) is 23.3 Å². The molecule has 6 nitrogen and oxygen atoms in total. The van der Waals surface area contributed by atoms with Crippen molar-refractivity contribution < 1.29 is 18.3 Å². The molecular weight excluding hydrogens is 445 g/mol. The van der Waals surface area contributed by atoms with Crippen LogP contribution in [0.4, 0.5) is 4.39 Å². The van der Waals surface area contributed by atoms with Gasteiger partial charge in [0.15, 0.2) is 5.76 Å². The first-order valence-corrected chi connectivity index (χ1v) is 12.4. The van der Waals surface area contributed by atoms with Crippen LogP contribution in [0.2, 0.25) is 0 Å². The van der Waals surface area contributed by atoms with Crippen molar-refractivity contribution in [3.05, 3.63) is 65.4 Å². The maximum atomic E-state index is 14.1. The lowest BCUT2D eigenvalue weighted by Crippen LogP contribution is -2.44. The van der Waals surface area contributed by atoms with Crippen LogP contribution in [0.25, 0.3) is 11.0 Å². The van der Waals surface area contributed by atoms with Gasteiger partial charge in [-0.05, 0) is 74.1 Å². The Morgan fingerprint density at radius 1 is 1.09 bits per heavy atom. The van der Waals surface area contributed by atoms with Gasteiger partial charge in [-0.15, -0.1) is 0 Å². The SMILES string of the molecule is N#Cc1ccc(CN2CCC(NC(=O)c3cc4cc(O[C@H]5CCCC[C@@H]5F)ccc4o3)CC2)cc1. The molecule has 1 aromatic heterocycles. The number of rotatable bonds is 6. The number of hydrogen-bond donors (Lipinski definition) is 1. The topological polar surface area (TPSA) is 78.5 Å². The molecule has 7 heteroatoms. The van der Waals surface area contributed by atoms with Crippen molar-refractivity contribution >= 4 is 16.9 Å². The van der Waals surface area contributed by atoms with Crippen LogP contribution in [0.5, 0.6) is 5.75 Å². The average Bonchev–Trinajstić information content (AvgIpc) is 3.31. The molecule has 5 rings (SSSR count). The number of ether oxygens (including phenoxy) is 1. The van der Waals surface area contributed by atoms with Gasteiger partial charge in [-0.3, -0.25) is 9.69 Å². The lowest BCUT2D eigenvalue weighted by molar-refractivity contribution is 0.0639. The number of halogens is 1. The quantitative estimate of drug-likeness (QED) is 0.519. The Kier molecular flexibility index (Phi) is 7.01. The number of hydrogen-bond acceptors (Lipinski definition) is 5. The third kappa shape index (κ3) is 5.66. The Balaban J connectivity index is 1.14. The van der Waals surface area contributed by atoms with Crippen molar-refractivity contribution in [2.75, 3.05) is 13.1 Å². The summed E-state index contributed by atoms with van der Waals surface area (Å²) >= 11 is 0. The van der Waals surface area contributed by atoms with Gasteiger partial charge in [-0.2, -0.15) is 5.26 Å². The van der Waals surface area contributed by atoms with E-state index in [9.17, 15) is 9.18 Å². The van der Waals surface area contributed by atoms with Crippen LogP contribution < -0.4 is 10.1 Å². The molecule has 0 bridgehead atoms. The molecule has 35 heavy (non-hydrogen) atoms. The molecule has 1 aliphatic heterocycles. The second kappa shape index (κ2) is 10.5. The van der Waals surface area contributed by atoms with E-state index in [1.54, 1.807) is 18.2 Å². The van der Waals surface area contributed by atoms with Crippen molar-refractivity contribution in [2.45, 2.75) is 63.4 Å². The van der Waals surface area contributed by atoms with Crippen molar-refractivity contribution in [3.8, 4) is 11.8 Å². The Hall–Kier alpha value is -3.37. The van der Waals surface area contributed by atoms with Gasteiger partial charge in [0, 0.05) is 31.1 Å². The van der Waals surface area contributed by atoms with E-state index in [2.05, 4.69) is 16.3 Å². The van der Waals surface area contributed by atoms with Gasteiger partial charge >= 0.3 is 0 Å². The number of nitrogens with zero attached hydrogens (tertiary/aromatic N) is 2. The van der Waals surface area contributed by atoms with Crippen molar-refractivity contribution in [3.63, 3.8) is 0 Å². The van der Waals surface area contributed by atoms with Gasteiger partial charge in [0.2, 0.25) is 0 Å². The maximum absolute atomic E-state index is 14.1. The molecule has 1 saturated heterocycles. The minimum atomic E-state index is -0.930. The highest BCUT2D eigenvalue weighted by Gasteiger charge is 2.27. The van der Waals surface area contributed by atoms with Gasteiger partial charge in [0.1, 0.15) is 23.6 Å². The number of piperidine rings is 1. The summed E-state index contributed by atoms with van der Waals surface area (Å²) in [4.78, 5) is 15.2. The summed E-state index contributed by atoms with van der Waals surface area (Å²) in [7, 11) is 0. The minimum Gasteiger partial charge on any atom is -0.487 e. The Bertz CT molecular complexity index is 1210. The zero-order valence-corrected chi connectivity index (χ0v) is 19.7. The number of benzene rings is 2. The van der Waals surface area contributed by atoms with Crippen molar-refractivity contribution in [1.29, 1.82) is 5.26 Å². The van der Waals surface area contributed by atoms with E-state index in [-0.39, 0.29) is 17.7 Å². The van der Waals surface area contributed by atoms with Crippen molar-refractivity contribution in [1.82, 2.24) is 10.2 Å². The van der Waals surface area contributed by atoms with Crippen LogP contribution in [-0.2, 0) is 6.54 Å². The summed E-state index contributed by atoms with van der Waals surface area (Å²) in [5.74, 6) is 0.665. The smallest absolute Gasteiger partial charge is 0.287 e. The molecule has 0 radical (unpaired) electrons. The number of furan rings is 1.